The summed E-state index contributed by atoms with van der Waals surface area (Å²) in [5.41, 5.74) is 0. The predicted molar refractivity (Wildman–Crippen MR) is 249 cm³/mol. The van der Waals surface area contributed by atoms with Crippen LogP contribution in [0.3, 0.4) is 0 Å². The lowest BCUT2D eigenvalue weighted by Crippen LogP contribution is -2.45. The first-order valence-corrected chi connectivity index (χ1v) is 25.5. The average Bonchev–Trinajstić information content (AvgIpc) is 3.17. The molecule has 1 amide bonds. The number of quaternary nitrogens is 1. The minimum absolute atomic E-state index is 0.0524. The number of carbonyl (C=O) groups is 1. The van der Waals surface area contributed by atoms with E-state index >= 15 is 0 Å². The molecule has 3 N–H and O–H groups in total. The number of phosphoric acid groups is 1. The predicted octanol–water partition coefficient (Wildman–Crippen LogP) is 13.6. The lowest BCUT2D eigenvalue weighted by Gasteiger charge is -2.25. The molecule has 9 heteroatoms. The van der Waals surface area contributed by atoms with Crippen LogP contribution in [-0.4, -0.2) is 73.4 Å². The van der Waals surface area contributed by atoms with Crippen LogP contribution in [-0.2, 0) is 18.4 Å². The highest BCUT2D eigenvalue weighted by Crippen LogP contribution is 2.43. The molecule has 0 aliphatic heterocycles. The normalized spacial score (nSPS) is 14.7. The van der Waals surface area contributed by atoms with Gasteiger partial charge in [-0.2, -0.15) is 0 Å². The first kappa shape index (κ1) is 56.5. The van der Waals surface area contributed by atoms with Gasteiger partial charge in [0.15, 0.2) is 0 Å². The number of allylic oxidation sites excluding steroid dienone is 7. The van der Waals surface area contributed by atoms with E-state index in [0.717, 1.165) is 44.9 Å². The van der Waals surface area contributed by atoms with E-state index in [4.69, 9.17) is 9.05 Å². The van der Waals surface area contributed by atoms with Gasteiger partial charge in [0, 0.05) is 6.42 Å². The molecule has 0 saturated heterocycles. The van der Waals surface area contributed by atoms with E-state index < -0.39 is 20.0 Å². The molecule has 8 nitrogen and oxygen atoms in total. The van der Waals surface area contributed by atoms with Gasteiger partial charge < -0.3 is 19.8 Å². The van der Waals surface area contributed by atoms with Crippen LogP contribution in [0.5, 0.6) is 0 Å². The van der Waals surface area contributed by atoms with Crippen LogP contribution in [0.1, 0.15) is 206 Å². The van der Waals surface area contributed by atoms with Crippen molar-refractivity contribution in [3.63, 3.8) is 0 Å². The van der Waals surface area contributed by atoms with E-state index in [2.05, 4.69) is 55.6 Å². The van der Waals surface area contributed by atoms with Crippen LogP contribution in [0.15, 0.2) is 48.6 Å². The SMILES string of the molecule is CCCCCCCC/C=C\CCCCCCCCCCCC(=O)NC(COP(=O)(O)OCC[N+](C)(C)C)C(O)/C=C/CC/C=C/CC/C=C/CCCCCCCCC. The molecule has 0 heterocycles. The molecule has 0 saturated carbocycles. The van der Waals surface area contributed by atoms with Crippen molar-refractivity contribution < 1.29 is 32.9 Å². The van der Waals surface area contributed by atoms with Crippen LogP contribution >= 0.6 is 7.82 Å². The van der Waals surface area contributed by atoms with Gasteiger partial charge >= 0.3 is 7.82 Å². The number of nitrogens with one attached hydrogen (secondary N) is 1. The zero-order chi connectivity index (χ0) is 42.8. The summed E-state index contributed by atoms with van der Waals surface area (Å²) < 4.78 is 23.6. The van der Waals surface area contributed by atoms with Crippen molar-refractivity contribution in [2.45, 2.75) is 219 Å². The van der Waals surface area contributed by atoms with Crippen LogP contribution in [0, 0.1) is 0 Å². The second-order valence-electron chi connectivity index (χ2n) is 17.5. The molecule has 0 aromatic carbocycles. The maximum Gasteiger partial charge on any atom is 0.472 e. The van der Waals surface area contributed by atoms with Gasteiger partial charge in [-0.1, -0.05) is 178 Å². The summed E-state index contributed by atoms with van der Waals surface area (Å²) in [5.74, 6) is -0.194. The number of nitrogens with zero attached hydrogens (tertiary/aromatic N) is 1. The maximum atomic E-state index is 12.9. The Morgan fingerprint density at radius 3 is 1.38 bits per heavy atom. The molecule has 0 fully saturated rings. The third-order valence-electron chi connectivity index (χ3n) is 10.5. The number of unbranched alkanes of at least 4 members (excludes halogenated alkanes) is 24. The molecule has 0 spiro atoms. The van der Waals surface area contributed by atoms with Gasteiger partial charge in [-0.3, -0.25) is 13.8 Å². The van der Waals surface area contributed by atoms with Gasteiger partial charge in [0.05, 0.1) is 39.9 Å². The summed E-state index contributed by atoms with van der Waals surface area (Å²) in [4.78, 5) is 23.2. The molecule has 0 aromatic heterocycles. The fourth-order valence-electron chi connectivity index (χ4n) is 6.66. The number of aliphatic hydroxyl groups excluding tert-OH is 1. The van der Waals surface area contributed by atoms with Gasteiger partial charge in [-0.05, 0) is 70.6 Å². The highest BCUT2D eigenvalue weighted by Gasteiger charge is 2.27. The Morgan fingerprint density at radius 2 is 0.948 bits per heavy atom. The van der Waals surface area contributed by atoms with E-state index in [1.165, 1.54) is 141 Å². The van der Waals surface area contributed by atoms with Gasteiger partial charge in [-0.15, -0.1) is 0 Å². The van der Waals surface area contributed by atoms with Crippen molar-refractivity contribution in [1.82, 2.24) is 5.32 Å². The van der Waals surface area contributed by atoms with Crippen molar-refractivity contribution in [2.75, 3.05) is 40.9 Å². The summed E-state index contributed by atoms with van der Waals surface area (Å²) in [6.07, 6.45) is 51.8. The minimum Gasteiger partial charge on any atom is -0.387 e. The molecule has 0 rings (SSSR count). The molecule has 3 unspecified atom stereocenters. The molecular weight excluding hydrogens is 744 g/mol. The third-order valence-corrected chi connectivity index (χ3v) is 11.5. The standard InChI is InChI=1S/C49H93N2O6P/c1-6-8-10-12-14-16-18-20-22-24-25-27-29-31-33-35-37-39-41-43-49(53)50-47(46-57-58(54,55)56-45-44-51(3,4)5)48(52)42-40-38-36-34-32-30-28-26-23-21-19-17-15-13-11-9-7-2/h20,22-23,26,32,34,40,42,47-48,52H,6-19,21,24-25,27-31,33,35-39,41,43-46H2,1-5H3,(H-,50,53,54,55)/p+1/b22-20-,26-23+,34-32+,42-40+. The first-order chi connectivity index (χ1) is 28.0. The number of carbonyl (C=O) groups excluding carboxylic acids is 1. The van der Waals surface area contributed by atoms with E-state index in [1.807, 2.05) is 27.2 Å². The molecule has 340 valence electrons. The lowest BCUT2D eigenvalue weighted by atomic mass is 10.0. The number of hydrogen-bond donors (Lipinski definition) is 3. The van der Waals surface area contributed by atoms with Gasteiger partial charge in [0.2, 0.25) is 5.91 Å². The number of aliphatic hydroxyl groups is 1. The van der Waals surface area contributed by atoms with E-state index in [-0.39, 0.29) is 19.1 Å². The number of hydrogen-bond acceptors (Lipinski definition) is 5. The number of phosphoric ester groups is 1. The summed E-state index contributed by atoms with van der Waals surface area (Å²) in [6, 6.07) is -0.870. The molecule has 0 aliphatic rings. The third kappa shape index (κ3) is 42.6. The Morgan fingerprint density at radius 1 is 0.569 bits per heavy atom. The Hall–Kier alpha value is -1.54. The van der Waals surface area contributed by atoms with Crippen molar-refractivity contribution >= 4 is 13.7 Å². The maximum absolute atomic E-state index is 12.9. The van der Waals surface area contributed by atoms with Crippen molar-refractivity contribution in [2.24, 2.45) is 0 Å². The van der Waals surface area contributed by atoms with Crippen molar-refractivity contribution in [3.05, 3.63) is 48.6 Å². The fraction of sp³-hybridized carbons (Fsp3) is 0.816. The Bertz CT molecular complexity index is 1090. The molecule has 0 radical (unpaired) electrons. The highest BCUT2D eigenvalue weighted by molar-refractivity contribution is 7.47. The van der Waals surface area contributed by atoms with Crippen molar-refractivity contribution in [3.8, 4) is 0 Å². The number of likely N-dealkylation sites (N-methyl/N-ethyl adjacent to an activating group) is 1. The lowest BCUT2D eigenvalue weighted by molar-refractivity contribution is -0.870. The van der Waals surface area contributed by atoms with Crippen LogP contribution in [0.25, 0.3) is 0 Å². The van der Waals surface area contributed by atoms with Crippen LogP contribution in [0.4, 0.5) is 0 Å². The largest absolute Gasteiger partial charge is 0.472 e. The summed E-state index contributed by atoms with van der Waals surface area (Å²) in [6.45, 7) is 4.77. The zero-order valence-electron chi connectivity index (χ0n) is 38.5. The Balaban J connectivity index is 4.44. The Labute approximate surface area is 359 Å². The molecule has 0 aromatic rings. The quantitative estimate of drug-likeness (QED) is 0.0244. The second-order valence-corrected chi connectivity index (χ2v) is 18.9. The summed E-state index contributed by atoms with van der Waals surface area (Å²) in [7, 11) is 1.54. The second kappa shape index (κ2) is 40.8. The van der Waals surface area contributed by atoms with E-state index in [1.54, 1.807) is 6.08 Å². The molecule has 3 atom stereocenters. The summed E-state index contributed by atoms with van der Waals surface area (Å²) in [5, 5.41) is 13.8. The first-order valence-electron chi connectivity index (χ1n) is 24.0. The van der Waals surface area contributed by atoms with Gasteiger partial charge in [0.1, 0.15) is 13.2 Å². The van der Waals surface area contributed by atoms with Crippen molar-refractivity contribution in [1.29, 1.82) is 0 Å². The monoisotopic (exact) mass is 838 g/mol. The smallest absolute Gasteiger partial charge is 0.387 e. The van der Waals surface area contributed by atoms with Gasteiger partial charge in [0.25, 0.3) is 0 Å². The molecular formula is C49H94N2O6P+. The molecule has 0 aliphatic carbocycles. The van der Waals surface area contributed by atoms with Crippen LogP contribution < -0.4 is 5.32 Å². The van der Waals surface area contributed by atoms with E-state index in [9.17, 15) is 19.4 Å². The topological polar surface area (TPSA) is 105 Å². The summed E-state index contributed by atoms with van der Waals surface area (Å²) >= 11 is 0. The van der Waals surface area contributed by atoms with Gasteiger partial charge in [-0.25, -0.2) is 4.57 Å². The fourth-order valence-corrected chi connectivity index (χ4v) is 7.39. The zero-order valence-corrected chi connectivity index (χ0v) is 39.4. The molecule has 58 heavy (non-hydrogen) atoms. The number of amides is 1. The minimum atomic E-state index is -4.35. The Kier molecular flexibility index (Phi) is 39.8. The number of rotatable bonds is 43. The van der Waals surface area contributed by atoms with Crippen LogP contribution in [0.2, 0.25) is 0 Å². The highest BCUT2D eigenvalue weighted by atomic mass is 31.2. The molecule has 0 bridgehead atoms. The van der Waals surface area contributed by atoms with E-state index in [0.29, 0.717) is 17.4 Å². The average molecular weight is 838 g/mol.